The van der Waals surface area contributed by atoms with E-state index < -0.39 is 5.97 Å². The predicted octanol–water partition coefficient (Wildman–Crippen LogP) is 2.32. The highest BCUT2D eigenvalue weighted by Gasteiger charge is 2.21. The molecule has 0 bridgehead atoms. The van der Waals surface area contributed by atoms with E-state index in [-0.39, 0.29) is 12.5 Å². The van der Waals surface area contributed by atoms with Crippen LogP contribution < -0.4 is 0 Å². The van der Waals surface area contributed by atoms with Crippen LogP contribution >= 0.6 is 11.3 Å². The summed E-state index contributed by atoms with van der Waals surface area (Å²) < 4.78 is 5.64. The Bertz CT molecular complexity index is 383. The quantitative estimate of drug-likeness (QED) is 0.882. The van der Waals surface area contributed by atoms with Crippen molar-refractivity contribution < 1.29 is 14.6 Å². The second-order valence-electron chi connectivity index (χ2n) is 3.99. The lowest BCUT2D eigenvalue weighted by Gasteiger charge is -2.20. The summed E-state index contributed by atoms with van der Waals surface area (Å²) in [5.41, 5.74) is 0.830. The average molecular weight is 241 g/mol. The fourth-order valence-corrected chi connectivity index (χ4v) is 2.97. The van der Waals surface area contributed by atoms with E-state index >= 15 is 0 Å². The summed E-state index contributed by atoms with van der Waals surface area (Å²) in [5, 5.41) is 9.70. The van der Waals surface area contributed by atoms with Crippen molar-refractivity contribution in [1.29, 1.82) is 0 Å². The van der Waals surface area contributed by atoms with Gasteiger partial charge in [-0.1, -0.05) is 0 Å². The lowest BCUT2D eigenvalue weighted by atomic mass is 10.1. The van der Waals surface area contributed by atoms with Gasteiger partial charge in [0.25, 0.3) is 0 Å². The second kappa shape index (κ2) is 4.93. The van der Waals surface area contributed by atoms with Crippen LogP contribution in [0.15, 0.2) is 0 Å². The Morgan fingerprint density at radius 1 is 1.62 bits per heavy atom. The van der Waals surface area contributed by atoms with Crippen molar-refractivity contribution in [2.24, 2.45) is 0 Å². The van der Waals surface area contributed by atoms with Crippen LogP contribution in [0.1, 0.15) is 40.9 Å². The molecule has 0 spiro atoms. The Balaban J connectivity index is 2.12. The highest BCUT2D eigenvalue weighted by atomic mass is 32.1. The molecule has 4 nitrogen and oxygen atoms in total. The van der Waals surface area contributed by atoms with E-state index in [1.54, 1.807) is 0 Å². The van der Waals surface area contributed by atoms with Crippen LogP contribution in [0.4, 0.5) is 0 Å². The molecule has 0 amide bonds. The summed E-state index contributed by atoms with van der Waals surface area (Å²) in [6, 6.07) is 0. The van der Waals surface area contributed by atoms with Crippen LogP contribution in [-0.4, -0.2) is 22.7 Å². The maximum atomic E-state index is 10.7. The van der Waals surface area contributed by atoms with Gasteiger partial charge in [0.05, 0.1) is 12.1 Å². The van der Waals surface area contributed by atoms with Crippen LogP contribution in [-0.2, 0) is 16.0 Å². The number of carboxylic acids is 1. The molecule has 16 heavy (non-hydrogen) atoms. The zero-order valence-electron chi connectivity index (χ0n) is 9.23. The zero-order valence-corrected chi connectivity index (χ0v) is 10.0. The molecular weight excluding hydrogens is 226 g/mol. The third-order valence-electron chi connectivity index (χ3n) is 2.68. The number of hydrogen-bond donors (Lipinski definition) is 1. The van der Waals surface area contributed by atoms with Gasteiger partial charge >= 0.3 is 5.97 Å². The fraction of sp³-hybridized carbons (Fsp3) is 0.636. The van der Waals surface area contributed by atoms with E-state index in [9.17, 15) is 4.79 Å². The van der Waals surface area contributed by atoms with Gasteiger partial charge in [-0.15, -0.1) is 11.3 Å². The minimum absolute atomic E-state index is 0.0657. The van der Waals surface area contributed by atoms with Crippen molar-refractivity contribution in [2.45, 2.75) is 38.7 Å². The van der Waals surface area contributed by atoms with Crippen LogP contribution in [0.3, 0.4) is 0 Å². The fourth-order valence-electron chi connectivity index (χ4n) is 1.83. The smallest absolute Gasteiger partial charge is 0.308 e. The Kier molecular flexibility index (Phi) is 3.56. The van der Waals surface area contributed by atoms with E-state index in [1.807, 2.05) is 6.92 Å². The number of carbonyl (C=O) groups is 1. The first-order valence-electron chi connectivity index (χ1n) is 5.46. The average Bonchev–Trinajstić information content (AvgIpc) is 2.61. The number of aliphatic carboxylic acids is 1. The molecule has 1 N–H and O–H groups in total. The Morgan fingerprint density at radius 3 is 3.06 bits per heavy atom. The van der Waals surface area contributed by atoms with Gasteiger partial charge in [-0.2, -0.15) is 0 Å². The summed E-state index contributed by atoms with van der Waals surface area (Å²) in [6.07, 6.45) is 3.43. The van der Waals surface area contributed by atoms with Crippen molar-refractivity contribution >= 4 is 17.3 Å². The molecule has 1 aliphatic rings. The number of aromatic nitrogens is 1. The molecular formula is C11H15NO3S. The van der Waals surface area contributed by atoms with E-state index in [0.717, 1.165) is 41.4 Å². The standard InChI is InChI=1S/C11H15NO3S/c1-7-9(6-10(13)14)16-11(12-7)8-4-2-3-5-15-8/h8H,2-6H2,1H3,(H,13,14). The number of nitrogens with zero attached hydrogens (tertiary/aromatic N) is 1. The number of thiazole rings is 1. The molecule has 1 aromatic rings. The third kappa shape index (κ3) is 2.59. The van der Waals surface area contributed by atoms with Gasteiger partial charge in [0.1, 0.15) is 11.1 Å². The van der Waals surface area contributed by atoms with Crippen molar-refractivity contribution in [3.63, 3.8) is 0 Å². The summed E-state index contributed by atoms with van der Waals surface area (Å²) in [6.45, 7) is 2.65. The van der Waals surface area contributed by atoms with Crippen molar-refractivity contribution in [3.8, 4) is 0 Å². The minimum Gasteiger partial charge on any atom is -0.481 e. The van der Waals surface area contributed by atoms with Crippen LogP contribution in [0.5, 0.6) is 0 Å². The van der Waals surface area contributed by atoms with Gasteiger partial charge in [0.2, 0.25) is 0 Å². The predicted molar refractivity (Wildman–Crippen MR) is 60.7 cm³/mol. The molecule has 2 rings (SSSR count). The number of rotatable bonds is 3. The molecule has 2 heterocycles. The van der Waals surface area contributed by atoms with E-state index in [4.69, 9.17) is 9.84 Å². The molecule has 5 heteroatoms. The maximum absolute atomic E-state index is 10.7. The Morgan fingerprint density at radius 2 is 2.44 bits per heavy atom. The SMILES string of the molecule is Cc1nc(C2CCCCO2)sc1CC(=O)O. The lowest BCUT2D eigenvalue weighted by molar-refractivity contribution is -0.136. The molecule has 0 aliphatic carbocycles. The van der Waals surface area contributed by atoms with Crippen LogP contribution in [0, 0.1) is 6.92 Å². The molecule has 0 saturated carbocycles. The molecule has 1 aliphatic heterocycles. The van der Waals surface area contributed by atoms with Gasteiger partial charge in [0, 0.05) is 11.5 Å². The summed E-state index contributed by atoms with van der Waals surface area (Å²) >= 11 is 1.48. The van der Waals surface area contributed by atoms with Crippen LogP contribution in [0.25, 0.3) is 0 Å². The van der Waals surface area contributed by atoms with Crippen LogP contribution in [0.2, 0.25) is 0 Å². The highest BCUT2D eigenvalue weighted by Crippen LogP contribution is 2.32. The maximum Gasteiger partial charge on any atom is 0.308 e. The highest BCUT2D eigenvalue weighted by molar-refractivity contribution is 7.11. The normalized spacial score (nSPS) is 20.9. The molecule has 0 aromatic carbocycles. The first-order chi connectivity index (χ1) is 7.66. The molecule has 1 aromatic heterocycles. The van der Waals surface area contributed by atoms with Gasteiger partial charge in [-0.25, -0.2) is 4.98 Å². The van der Waals surface area contributed by atoms with Crippen molar-refractivity contribution in [2.75, 3.05) is 6.61 Å². The molecule has 0 radical (unpaired) electrons. The van der Waals surface area contributed by atoms with Crippen molar-refractivity contribution in [1.82, 2.24) is 4.98 Å². The van der Waals surface area contributed by atoms with Crippen molar-refractivity contribution in [3.05, 3.63) is 15.6 Å². The number of hydrogen-bond acceptors (Lipinski definition) is 4. The third-order valence-corrected chi connectivity index (χ3v) is 3.93. The Hall–Kier alpha value is -0.940. The van der Waals surface area contributed by atoms with Gasteiger partial charge in [0.15, 0.2) is 0 Å². The van der Waals surface area contributed by atoms with E-state index in [1.165, 1.54) is 11.3 Å². The second-order valence-corrected chi connectivity index (χ2v) is 5.10. The van der Waals surface area contributed by atoms with E-state index in [2.05, 4.69) is 4.98 Å². The van der Waals surface area contributed by atoms with Gasteiger partial charge in [-0.3, -0.25) is 4.79 Å². The van der Waals surface area contributed by atoms with Gasteiger partial charge < -0.3 is 9.84 Å². The largest absolute Gasteiger partial charge is 0.481 e. The van der Waals surface area contributed by atoms with Gasteiger partial charge in [-0.05, 0) is 26.2 Å². The topological polar surface area (TPSA) is 59.4 Å². The first-order valence-corrected chi connectivity index (χ1v) is 6.28. The number of carboxylic acid groups (broad SMARTS) is 1. The monoisotopic (exact) mass is 241 g/mol. The lowest BCUT2D eigenvalue weighted by Crippen LogP contribution is -2.11. The number of aryl methyl sites for hydroxylation is 1. The molecule has 1 atom stereocenters. The minimum atomic E-state index is -0.803. The summed E-state index contributed by atoms with van der Waals surface area (Å²) in [4.78, 5) is 15.9. The summed E-state index contributed by atoms with van der Waals surface area (Å²) in [7, 11) is 0. The van der Waals surface area contributed by atoms with E-state index in [0.29, 0.717) is 0 Å². The molecule has 1 saturated heterocycles. The molecule has 88 valence electrons. The molecule has 1 fully saturated rings. The first kappa shape index (κ1) is 11.5. The number of ether oxygens (including phenoxy) is 1. The molecule has 1 unspecified atom stereocenters. The summed E-state index contributed by atoms with van der Waals surface area (Å²) in [5.74, 6) is -0.803. The zero-order chi connectivity index (χ0) is 11.5. The Labute approximate surface area is 98.3 Å².